The van der Waals surface area contributed by atoms with Crippen LogP contribution in [0.1, 0.15) is 33.7 Å². The summed E-state index contributed by atoms with van der Waals surface area (Å²) in [6.07, 6.45) is -3.75. The molecule has 0 atom stereocenters. The van der Waals surface area contributed by atoms with Crippen molar-refractivity contribution in [3.63, 3.8) is 0 Å². The highest BCUT2D eigenvalue weighted by Gasteiger charge is 2.54. The number of hydrogen-bond acceptors (Lipinski definition) is 5. The third kappa shape index (κ3) is 6.26. The molecule has 1 aromatic heterocycles. The van der Waals surface area contributed by atoms with Crippen LogP contribution < -0.4 is 20.4 Å². The molecule has 1 aliphatic heterocycles. The number of aromatic amines is 1. The molecular weight excluding hydrogens is 547 g/mol. The van der Waals surface area contributed by atoms with E-state index in [0.29, 0.717) is 22.6 Å². The SMILES string of the molecule is CN(C(=O)c1ccc[nH]1)c1ccc(Nc2ccc(NC(=O)c3ccc(N4CCC(O)(C(F)(F)F)CC4)cc3)cc2)cc1. The zero-order valence-corrected chi connectivity index (χ0v) is 22.8. The van der Waals surface area contributed by atoms with Crippen LogP contribution in [0.4, 0.5) is 41.6 Å². The highest BCUT2D eigenvalue weighted by molar-refractivity contribution is 6.05. The number of anilines is 5. The number of carbonyl (C=O) groups is 2. The molecule has 218 valence electrons. The Balaban J connectivity index is 1.13. The Bertz CT molecular complexity index is 1510. The normalized spacial score (nSPS) is 14.7. The van der Waals surface area contributed by atoms with Crippen LogP contribution in [0, 0.1) is 0 Å². The number of alkyl halides is 3. The fraction of sp³-hybridized carbons (Fsp3) is 0.226. The van der Waals surface area contributed by atoms with Crippen LogP contribution in [0.2, 0.25) is 0 Å². The Hall–Kier alpha value is -4.77. The monoisotopic (exact) mass is 577 g/mol. The number of piperidine rings is 1. The highest BCUT2D eigenvalue weighted by atomic mass is 19.4. The van der Waals surface area contributed by atoms with Gasteiger partial charge in [-0.15, -0.1) is 0 Å². The highest BCUT2D eigenvalue weighted by Crippen LogP contribution is 2.39. The number of benzene rings is 3. The number of aromatic nitrogens is 1. The zero-order valence-electron chi connectivity index (χ0n) is 22.8. The second kappa shape index (κ2) is 11.6. The summed E-state index contributed by atoms with van der Waals surface area (Å²) in [5.41, 5.74) is 1.93. The first kappa shape index (κ1) is 28.7. The van der Waals surface area contributed by atoms with Crippen LogP contribution in [0.3, 0.4) is 0 Å². The predicted octanol–water partition coefficient (Wildman–Crippen LogP) is 6.18. The van der Waals surface area contributed by atoms with E-state index in [1.54, 1.807) is 71.6 Å². The summed E-state index contributed by atoms with van der Waals surface area (Å²) in [6, 6.07) is 24.7. The van der Waals surface area contributed by atoms with Crippen molar-refractivity contribution >= 4 is 40.3 Å². The largest absolute Gasteiger partial charge is 0.417 e. The average Bonchev–Trinajstić information content (AvgIpc) is 3.53. The second-order valence-electron chi connectivity index (χ2n) is 10.2. The Morgan fingerprint density at radius 3 is 2.00 bits per heavy atom. The van der Waals surface area contributed by atoms with Gasteiger partial charge in [-0.3, -0.25) is 9.59 Å². The van der Waals surface area contributed by atoms with E-state index in [2.05, 4.69) is 15.6 Å². The molecule has 1 aliphatic rings. The molecule has 11 heteroatoms. The molecule has 2 heterocycles. The van der Waals surface area contributed by atoms with Crippen molar-refractivity contribution in [1.29, 1.82) is 0 Å². The molecule has 0 saturated carbocycles. The van der Waals surface area contributed by atoms with Gasteiger partial charge in [0.05, 0.1) is 0 Å². The van der Waals surface area contributed by atoms with Gasteiger partial charge in [-0.2, -0.15) is 13.2 Å². The van der Waals surface area contributed by atoms with E-state index in [9.17, 15) is 27.9 Å². The number of nitrogens with one attached hydrogen (secondary N) is 3. The molecule has 4 N–H and O–H groups in total. The maximum absolute atomic E-state index is 13.1. The average molecular weight is 578 g/mol. The summed E-state index contributed by atoms with van der Waals surface area (Å²) in [6.45, 7) is 0.133. The van der Waals surface area contributed by atoms with E-state index < -0.39 is 24.6 Å². The Kier molecular flexibility index (Phi) is 7.95. The van der Waals surface area contributed by atoms with E-state index in [4.69, 9.17) is 0 Å². The molecule has 0 aliphatic carbocycles. The number of H-pyrrole nitrogens is 1. The fourth-order valence-electron chi connectivity index (χ4n) is 4.78. The lowest BCUT2D eigenvalue weighted by molar-refractivity contribution is -0.266. The van der Waals surface area contributed by atoms with Crippen molar-refractivity contribution in [1.82, 2.24) is 4.98 Å². The molecule has 42 heavy (non-hydrogen) atoms. The van der Waals surface area contributed by atoms with Crippen LogP contribution in [0.5, 0.6) is 0 Å². The van der Waals surface area contributed by atoms with Crippen molar-refractivity contribution in [2.75, 3.05) is 40.6 Å². The van der Waals surface area contributed by atoms with E-state index in [1.807, 2.05) is 36.4 Å². The minimum atomic E-state index is -4.65. The number of carbonyl (C=O) groups excluding carboxylic acids is 2. The van der Waals surface area contributed by atoms with Crippen LogP contribution in [-0.2, 0) is 0 Å². The van der Waals surface area contributed by atoms with Gasteiger partial charge in [0.2, 0.25) is 0 Å². The number of nitrogens with zero attached hydrogens (tertiary/aromatic N) is 2. The van der Waals surface area contributed by atoms with Gasteiger partial charge in [-0.1, -0.05) is 0 Å². The molecular formula is C31H30F3N5O3. The first-order valence-corrected chi connectivity index (χ1v) is 13.4. The van der Waals surface area contributed by atoms with Gasteiger partial charge in [0.15, 0.2) is 5.60 Å². The first-order valence-electron chi connectivity index (χ1n) is 13.4. The predicted molar refractivity (Wildman–Crippen MR) is 157 cm³/mol. The molecule has 0 spiro atoms. The minimum absolute atomic E-state index is 0.0663. The maximum Gasteiger partial charge on any atom is 0.417 e. The molecule has 8 nitrogen and oxygen atoms in total. The lowest BCUT2D eigenvalue weighted by atomic mass is 9.90. The summed E-state index contributed by atoms with van der Waals surface area (Å²) < 4.78 is 39.2. The van der Waals surface area contributed by atoms with Crippen molar-refractivity contribution < 1.29 is 27.9 Å². The summed E-state index contributed by atoms with van der Waals surface area (Å²) >= 11 is 0. The van der Waals surface area contributed by atoms with Crippen molar-refractivity contribution in [3.05, 3.63) is 102 Å². The molecule has 0 radical (unpaired) electrons. The molecule has 3 aromatic carbocycles. The van der Waals surface area contributed by atoms with Gasteiger partial charge < -0.3 is 30.5 Å². The van der Waals surface area contributed by atoms with E-state index in [0.717, 1.165) is 17.1 Å². The third-order valence-electron chi connectivity index (χ3n) is 7.43. The third-order valence-corrected chi connectivity index (χ3v) is 7.43. The molecule has 5 rings (SSSR count). The second-order valence-corrected chi connectivity index (χ2v) is 10.2. The summed E-state index contributed by atoms with van der Waals surface area (Å²) in [4.78, 5) is 31.5. The van der Waals surface area contributed by atoms with Gasteiger partial charge >= 0.3 is 6.18 Å². The molecule has 2 amide bonds. The van der Waals surface area contributed by atoms with Crippen LogP contribution in [0.25, 0.3) is 0 Å². The fourth-order valence-corrected chi connectivity index (χ4v) is 4.78. The molecule has 0 unspecified atom stereocenters. The van der Waals surface area contributed by atoms with Crippen molar-refractivity contribution in [2.24, 2.45) is 0 Å². The zero-order chi connectivity index (χ0) is 29.9. The standard InChI is InChI=1S/C31H30F3N5O3/c1-38(29(41)27-3-2-18-35-27)25-14-10-23(11-15-25)36-22-6-8-24(9-7-22)37-28(40)21-4-12-26(13-5-21)39-19-16-30(42,17-20-39)31(32,33)34/h2-15,18,35-36,42H,16-17,19-20H2,1H3,(H,37,40). The van der Waals surface area contributed by atoms with Gasteiger partial charge in [-0.25, -0.2) is 0 Å². The van der Waals surface area contributed by atoms with Gasteiger partial charge in [0.25, 0.3) is 11.8 Å². The van der Waals surface area contributed by atoms with E-state index in [1.165, 1.54) is 0 Å². The molecule has 0 bridgehead atoms. The Labute approximate surface area is 240 Å². The smallest absolute Gasteiger partial charge is 0.380 e. The molecule has 1 saturated heterocycles. The number of rotatable bonds is 7. The molecule has 1 fully saturated rings. The van der Waals surface area contributed by atoms with Crippen molar-refractivity contribution in [3.8, 4) is 0 Å². The summed E-state index contributed by atoms with van der Waals surface area (Å²) in [7, 11) is 1.71. The lowest BCUT2D eigenvalue weighted by Gasteiger charge is -2.40. The first-order chi connectivity index (χ1) is 20.0. The van der Waals surface area contributed by atoms with Crippen LogP contribution in [-0.4, -0.2) is 53.8 Å². The van der Waals surface area contributed by atoms with Gasteiger partial charge in [0, 0.05) is 73.2 Å². The number of hydrogen-bond donors (Lipinski definition) is 4. The number of amides is 2. The van der Waals surface area contributed by atoms with Crippen LogP contribution >= 0.6 is 0 Å². The topological polar surface area (TPSA) is 101 Å². The summed E-state index contributed by atoms with van der Waals surface area (Å²) in [5, 5.41) is 16.0. The lowest BCUT2D eigenvalue weighted by Crippen LogP contribution is -2.53. The van der Waals surface area contributed by atoms with Crippen LogP contribution in [0.15, 0.2) is 91.1 Å². The van der Waals surface area contributed by atoms with Gasteiger partial charge in [-0.05, 0) is 84.9 Å². The van der Waals surface area contributed by atoms with Crippen molar-refractivity contribution in [2.45, 2.75) is 24.6 Å². The summed E-state index contributed by atoms with van der Waals surface area (Å²) in [5.74, 6) is -0.458. The van der Waals surface area contributed by atoms with Gasteiger partial charge in [0.1, 0.15) is 5.69 Å². The van der Waals surface area contributed by atoms with E-state index in [-0.39, 0.29) is 24.9 Å². The minimum Gasteiger partial charge on any atom is -0.380 e. The van der Waals surface area contributed by atoms with E-state index >= 15 is 0 Å². The maximum atomic E-state index is 13.1. The number of halogens is 3. The molecule has 4 aromatic rings. The number of aliphatic hydroxyl groups is 1. The quantitative estimate of drug-likeness (QED) is 0.210. The Morgan fingerprint density at radius 1 is 0.881 bits per heavy atom. The Morgan fingerprint density at radius 2 is 1.45 bits per heavy atom.